The van der Waals surface area contributed by atoms with Crippen molar-refractivity contribution < 1.29 is 27.5 Å². The van der Waals surface area contributed by atoms with Crippen LogP contribution >= 0.6 is 0 Å². The monoisotopic (exact) mass is 408 g/mol. The topological polar surface area (TPSA) is 94.2 Å². The maximum absolute atomic E-state index is 12.7. The van der Waals surface area contributed by atoms with Gasteiger partial charge in [-0.2, -0.15) is 0 Å². The Bertz CT molecular complexity index is 945. The molecule has 0 aliphatic carbocycles. The summed E-state index contributed by atoms with van der Waals surface area (Å²) >= 11 is 0. The highest BCUT2D eigenvalue weighted by molar-refractivity contribution is 7.89. The van der Waals surface area contributed by atoms with Crippen molar-refractivity contribution in [3.8, 4) is 11.5 Å². The fourth-order valence-electron chi connectivity index (χ4n) is 2.58. The number of rotatable bonds is 8. The molecule has 8 nitrogen and oxygen atoms in total. The van der Waals surface area contributed by atoms with Crippen molar-refractivity contribution in [1.82, 2.24) is 9.79 Å². The molecule has 0 aliphatic rings. The van der Waals surface area contributed by atoms with Crippen molar-refractivity contribution >= 4 is 15.9 Å². The molecular weight excluding hydrogens is 384 g/mol. The van der Waals surface area contributed by atoms with Crippen LogP contribution in [0.25, 0.3) is 0 Å². The molecule has 0 aliphatic heterocycles. The number of hydrogen-bond acceptors (Lipinski definition) is 6. The molecule has 0 aromatic heterocycles. The van der Waals surface area contributed by atoms with Crippen molar-refractivity contribution in [2.75, 3.05) is 28.4 Å². The standard InChI is InChI=1S/C19H24N2O6S/c1-13(17-12-15(25-3)9-10-18(17)26-4)20-19(22)14-7-6-8-16(11-14)28(23,24)21(2)27-5/h6-13H,1-5H3,(H,20,22)/t13-/m0/s1. The number of nitrogens with zero attached hydrogens (tertiary/aromatic N) is 1. The van der Waals surface area contributed by atoms with E-state index in [-0.39, 0.29) is 10.5 Å². The van der Waals surface area contributed by atoms with E-state index in [4.69, 9.17) is 14.3 Å². The first kappa shape index (κ1) is 21.7. The molecule has 0 saturated carbocycles. The quantitative estimate of drug-likeness (QED) is 0.674. The Balaban J connectivity index is 2.28. The molecule has 1 atom stereocenters. The first-order valence-corrected chi connectivity index (χ1v) is 9.84. The average molecular weight is 408 g/mol. The van der Waals surface area contributed by atoms with Gasteiger partial charge in [-0.15, -0.1) is 0 Å². The van der Waals surface area contributed by atoms with Gasteiger partial charge in [0.25, 0.3) is 15.9 Å². The van der Waals surface area contributed by atoms with Gasteiger partial charge in [-0.05, 0) is 43.3 Å². The SMILES string of the molecule is COc1ccc(OC)c([C@H](C)NC(=O)c2cccc(S(=O)(=O)N(C)OC)c2)c1. The van der Waals surface area contributed by atoms with E-state index in [0.717, 1.165) is 10.0 Å². The number of hydrogen-bond donors (Lipinski definition) is 1. The van der Waals surface area contributed by atoms with Crippen LogP contribution in [0.3, 0.4) is 0 Å². The van der Waals surface area contributed by atoms with Crippen molar-refractivity contribution in [3.05, 3.63) is 53.6 Å². The van der Waals surface area contributed by atoms with Crippen LogP contribution < -0.4 is 14.8 Å². The van der Waals surface area contributed by atoms with E-state index in [1.165, 1.54) is 38.4 Å². The Labute approximate surface area is 165 Å². The van der Waals surface area contributed by atoms with Gasteiger partial charge in [-0.3, -0.25) is 9.63 Å². The number of hydroxylamine groups is 1. The van der Waals surface area contributed by atoms with Crippen molar-refractivity contribution in [2.24, 2.45) is 0 Å². The molecule has 152 valence electrons. The zero-order chi connectivity index (χ0) is 20.9. The maximum atomic E-state index is 12.7. The summed E-state index contributed by atoms with van der Waals surface area (Å²) in [7, 11) is 1.77. The molecule has 9 heteroatoms. The van der Waals surface area contributed by atoms with Crippen molar-refractivity contribution in [1.29, 1.82) is 0 Å². The zero-order valence-electron chi connectivity index (χ0n) is 16.4. The first-order valence-electron chi connectivity index (χ1n) is 8.40. The van der Waals surface area contributed by atoms with Gasteiger partial charge in [0.15, 0.2) is 0 Å². The molecule has 2 rings (SSSR count). The molecule has 1 amide bonds. The Kier molecular flexibility index (Phi) is 7.00. The molecule has 1 N–H and O–H groups in total. The van der Waals surface area contributed by atoms with Crippen LogP contribution in [0.5, 0.6) is 11.5 Å². The second-order valence-corrected chi connectivity index (χ2v) is 7.86. The van der Waals surface area contributed by atoms with Gasteiger partial charge in [-0.25, -0.2) is 8.42 Å². The van der Waals surface area contributed by atoms with E-state index in [9.17, 15) is 13.2 Å². The lowest BCUT2D eigenvalue weighted by atomic mass is 10.1. The molecule has 0 heterocycles. The minimum Gasteiger partial charge on any atom is -0.497 e. The summed E-state index contributed by atoms with van der Waals surface area (Å²) in [6, 6.07) is 10.6. The fourth-order valence-corrected chi connectivity index (χ4v) is 3.60. The average Bonchev–Trinajstić information content (AvgIpc) is 2.72. The van der Waals surface area contributed by atoms with Gasteiger partial charge in [0.05, 0.1) is 32.3 Å². The minimum absolute atomic E-state index is 0.0453. The Morgan fingerprint density at radius 2 is 1.79 bits per heavy atom. The Morgan fingerprint density at radius 1 is 1.07 bits per heavy atom. The highest BCUT2D eigenvalue weighted by atomic mass is 32.2. The van der Waals surface area contributed by atoms with Crippen LogP contribution in [-0.2, 0) is 14.9 Å². The predicted octanol–water partition coefficient (Wildman–Crippen LogP) is 2.38. The van der Waals surface area contributed by atoms with Gasteiger partial charge in [0.2, 0.25) is 0 Å². The summed E-state index contributed by atoms with van der Waals surface area (Å²) in [6.07, 6.45) is 0. The van der Waals surface area contributed by atoms with E-state index in [1.54, 1.807) is 39.3 Å². The minimum atomic E-state index is -3.85. The second-order valence-electron chi connectivity index (χ2n) is 5.93. The van der Waals surface area contributed by atoms with E-state index in [1.807, 2.05) is 0 Å². The molecular formula is C19H24N2O6S. The lowest BCUT2D eigenvalue weighted by Crippen LogP contribution is -2.28. The highest BCUT2D eigenvalue weighted by Gasteiger charge is 2.23. The Morgan fingerprint density at radius 3 is 2.39 bits per heavy atom. The third kappa shape index (κ3) is 4.61. The molecule has 28 heavy (non-hydrogen) atoms. The molecule has 0 radical (unpaired) electrons. The van der Waals surface area contributed by atoms with E-state index in [2.05, 4.69) is 5.32 Å². The van der Waals surface area contributed by atoms with Crippen molar-refractivity contribution in [3.63, 3.8) is 0 Å². The predicted molar refractivity (Wildman–Crippen MR) is 104 cm³/mol. The molecule has 0 spiro atoms. The van der Waals surface area contributed by atoms with Crippen LogP contribution in [-0.4, -0.2) is 47.2 Å². The molecule has 2 aromatic carbocycles. The van der Waals surface area contributed by atoms with Crippen LogP contribution in [0, 0.1) is 0 Å². The zero-order valence-corrected chi connectivity index (χ0v) is 17.2. The number of carbonyl (C=O) groups is 1. The van der Waals surface area contributed by atoms with E-state index >= 15 is 0 Å². The second kappa shape index (κ2) is 9.05. The molecule has 2 aromatic rings. The number of nitrogens with one attached hydrogen (secondary N) is 1. The number of benzene rings is 2. The summed E-state index contributed by atoms with van der Waals surface area (Å²) in [6.45, 7) is 1.80. The van der Waals surface area contributed by atoms with Crippen molar-refractivity contribution in [2.45, 2.75) is 17.9 Å². The number of methoxy groups -OCH3 is 2. The Hall–Kier alpha value is -2.62. The highest BCUT2D eigenvalue weighted by Crippen LogP contribution is 2.29. The molecule has 0 unspecified atom stereocenters. The number of amides is 1. The maximum Gasteiger partial charge on any atom is 0.264 e. The summed E-state index contributed by atoms with van der Waals surface area (Å²) in [5, 5.41) is 2.85. The first-order chi connectivity index (χ1) is 13.2. The van der Waals surface area contributed by atoms with Crippen LogP contribution in [0.1, 0.15) is 28.9 Å². The normalized spacial score (nSPS) is 12.5. The van der Waals surface area contributed by atoms with Crippen LogP contribution in [0.4, 0.5) is 0 Å². The van der Waals surface area contributed by atoms with Crippen LogP contribution in [0.2, 0.25) is 0 Å². The largest absolute Gasteiger partial charge is 0.497 e. The van der Waals surface area contributed by atoms with E-state index in [0.29, 0.717) is 11.5 Å². The smallest absolute Gasteiger partial charge is 0.264 e. The number of ether oxygens (including phenoxy) is 2. The van der Waals surface area contributed by atoms with Gasteiger partial charge in [-0.1, -0.05) is 10.5 Å². The summed E-state index contributed by atoms with van der Waals surface area (Å²) in [4.78, 5) is 17.4. The van der Waals surface area contributed by atoms with E-state index < -0.39 is 22.0 Å². The summed E-state index contributed by atoms with van der Waals surface area (Å²) in [5.41, 5.74) is 0.942. The number of carbonyl (C=O) groups excluding carboxylic acids is 1. The molecule has 0 fully saturated rings. The third-order valence-corrected chi connectivity index (χ3v) is 5.92. The van der Waals surface area contributed by atoms with Gasteiger partial charge in [0, 0.05) is 18.2 Å². The lowest BCUT2D eigenvalue weighted by molar-refractivity contribution is -0.0258. The third-order valence-electron chi connectivity index (χ3n) is 4.24. The lowest BCUT2D eigenvalue weighted by Gasteiger charge is -2.19. The summed E-state index contributed by atoms with van der Waals surface area (Å²) in [5.74, 6) is 0.814. The molecule has 0 bridgehead atoms. The number of sulfonamides is 1. The fraction of sp³-hybridized carbons (Fsp3) is 0.316. The summed E-state index contributed by atoms with van der Waals surface area (Å²) < 4.78 is 36.1. The van der Waals surface area contributed by atoms with Gasteiger partial charge >= 0.3 is 0 Å². The van der Waals surface area contributed by atoms with Crippen LogP contribution in [0.15, 0.2) is 47.4 Å². The molecule has 0 saturated heterocycles. The van der Waals surface area contributed by atoms with Gasteiger partial charge < -0.3 is 14.8 Å². The van der Waals surface area contributed by atoms with Gasteiger partial charge in [0.1, 0.15) is 11.5 Å².